The van der Waals surface area contributed by atoms with Crippen LogP contribution >= 0.6 is 34.8 Å². The van der Waals surface area contributed by atoms with Gasteiger partial charge in [-0.3, -0.25) is 38.9 Å². The number of hydrogen-bond acceptors (Lipinski definition) is 15. The van der Waals surface area contributed by atoms with Gasteiger partial charge in [0.2, 0.25) is 11.8 Å². The molecule has 0 atom stereocenters. The molecule has 5 amide bonds. The largest absolute Gasteiger partial charge is 0.370 e. The summed E-state index contributed by atoms with van der Waals surface area (Å²) in [5.41, 5.74) is 7.74. The molecule has 7 aromatic heterocycles. The lowest BCUT2D eigenvalue weighted by Gasteiger charge is -2.34. The van der Waals surface area contributed by atoms with Crippen molar-refractivity contribution in [3.05, 3.63) is 233 Å². The number of amides is 5. The van der Waals surface area contributed by atoms with Gasteiger partial charge in [-0.2, -0.15) is 0 Å². The minimum Gasteiger partial charge on any atom is -0.370 e. The SMILES string of the molecule is CC(=O)N1CCN(c2ccc(C(=O)Nc3ccc(Cl)c(-c4ccccn4)c3)cn2)CC1.O=C(Nc1ccc(Cl)c(-c2ccccn2)c1)c1ccc(NCCCN2CCCC2=O)nc1.O=C(Nc1ccc(Cl)c(-c2ccccn2)c1)c1ccc(NCCCn2ccnc2)nc1. The van der Waals surface area contributed by atoms with Gasteiger partial charge >= 0.3 is 0 Å². The summed E-state index contributed by atoms with van der Waals surface area (Å²) in [7, 11) is 0. The van der Waals surface area contributed by atoms with Crippen LogP contribution < -0.4 is 31.5 Å². The monoisotopic (exact) mass is 1320 g/mol. The molecule has 0 radical (unpaired) electrons. The molecule has 94 heavy (non-hydrogen) atoms. The van der Waals surface area contributed by atoms with Crippen LogP contribution in [0.15, 0.2) is 201 Å². The second kappa shape index (κ2) is 33.1. The first-order valence-corrected chi connectivity index (χ1v) is 31.6. The Balaban J connectivity index is 0.000000154. The minimum atomic E-state index is -0.258. The molecule has 0 aliphatic carbocycles. The summed E-state index contributed by atoms with van der Waals surface area (Å²) >= 11 is 18.9. The van der Waals surface area contributed by atoms with E-state index in [0.29, 0.717) is 80.7 Å². The highest BCUT2D eigenvalue weighted by Crippen LogP contribution is 2.32. The van der Waals surface area contributed by atoms with Crippen molar-refractivity contribution in [2.24, 2.45) is 0 Å². The third-order valence-electron chi connectivity index (χ3n) is 15.1. The van der Waals surface area contributed by atoms with Crippen LogP contribution in [0, 0.1) is 0 Å². The van der Waals surface area contributed by atoms with Gasteiger partial charge < -0.3 is 45.9 Å². The number of aryl methyl sites for hydroxylation is 1. The molecule has 0 saturated carbocycles. The zero-order valence-corrected chi connectivity index (χ0v) is 53.6. The standard InChI is InChI=1S/C24H24ClN5O2.C23H21ClN6O.C23H22ClN5O2/c25-20-9-8-18(15-19(20)21-5-1-2-11-26-21)29-24(32)17-7-10-22(28-16-17)27-12-4-14-30-13-3-6-23(30)31;24-20-7-6-18(14-19(20)21-4-1-2-9-26-21)29-23(31)17-5-8-22(28-15-17)27-10-3-12-30-13-11-25-16-30;1-16(30)28-10-12-29(13-11-28)22-8-5-17(15-26-22)23(31)27-18-6-7-20(24)19(14-18)21-4-2-3-9-25-21/h1-2,5,7-11,15-16H,3-4,6,12-14H2,(H,27,28)(H,29,32);1-2,4-9,11,13-16H,3,10,12H2,(H,27,28)(H,29,31);2-9,14-15H,10-13H2,1H3,(H,27,31). The summed E-state index contributed by atoms with van der Waals surface area (Å²) in [4.78, 5) is 97.0. The molecule has 3 aromatic carbocycles. The first-order valence-electron chi connectivity index (χ1n) is 30.5. The Labute approximate surface area is 559 Å². The lowest BCUT2D eigenvalue weighted by Crippen LogP contribution is -2.48. The molecule has 12 rings (SSSR count). The third-order valence-corrected chi connectivity index (χ3v) is 16.1. The van der Waals surface area contributed by atoms with Crippen LogP contribution in [0.4, 0.5) is 34.5 Å². The molecule has 2 fully saturated rings. The molecule has 0 spiro atoms. The number of aromatic nitrogens is 8. The van der Waals surface area contributed by atoms with E-state index in [1.54, 1.807) is 129 Å². The fraction of sp³-hybridized carbons (Fsp3) is 0.200. The second-order valence-electron chi connectivity index (χ2n) is 21.7. The number of anilines is 6. The van der Waals surface area contributed by atoms with Gasteiger partial charge in [0.05, 0.1) is 55.2 Å². The molecule has 0 bridgehead atoms. The zero-order chi connectivity index (χ0) is 65.6. The summed E-state index contributed by atoms with van der Waals surface area (Å²) in [6.45, 7) is 8.37. The van der Waals surface area contributed by atoms with Crippen LogP contribution in [0.5, 0.6) is 0 Å². The van der Waals surface area contributed by atoms with Crippen molar-refractivity contribution in [1.82, 2.24) is 49.3 Å². The van der Waals surface area contributed by atoms with Gasteiger partial charge in [0.25, 0.3) is 17.7 Å². The average Bonchev–Trinajstić information content (AvgIpc) is 1.24. The molecule has 2 aliphatic heterocycles. The van der Waals surface area contributed by atoms with Crippen molar-refractivity contribution >= 4 is 98.9 Å². The number of likely N-dealkylation sites (tertiary alicyclic amines) is 1. The predicted molar refractivity (Wildman–Crippen MR) is 369 cm³/mol. The molecule has 0 unspecified atom stereocenters. The van der Waals surface area contributed by atoms with E-state index in [4.69, 9.17) is 34.8 Å². The Morgan fingerprint density at radius 2 is 0.947 bits per heavy atom. The molecular formula is C70H67Cl3N16O5. The number of piperazine rings is 1. The number of nitrogens with one attached hydrogen (secondary N) is 5. The van der Waals surface area contributed by atoms with Gasteiger partial charge in [-0.25, -0.2) is 19.9 Å². The van der Waals surface area contributed by atoms with Crippen molar-refractivity contribution in [2.45, 2.75) is 39.2 Å². The maximum Gasteiger partial charge on any atom is 0.257 e. The summed E-state index contributed by atoms with van der Waals surface area (Å²) < 4.78 is 2.03. The molecule has 9 heterocycles. The number of pyridine rings is 6. The van der Waals surface area contributed by atoms with E-state index >= 15 is 0 Å². The van der Waals surface area contributed by atoms with E-state index in [1.165, 1.54) is 6.20 Å². The summed E-state index contributed by atoms with van der Waals surface area (Å²) in [6.07, 6.45) is 18.7. The van der Waals surface area contributed by atoms with E-state index < -0.39 is 0 Å². The van der Waals surface area contributed by atoms with Gasteiger partial charge in [-0.05, 0) is 147 Å². The molecule has 2 aliphatic rings. The summed E-state index contributed by atoms with van der Waals surface area (Å²) in [5, 5.41) is 16.8. The van der Waals surface area contributed by atoms with Crippen molar-refractivity contribution in [3.8, 4) is 33.8 Å². The third kappa shape index (κ3) is 18.8. The topological polar surface area (TPSA) is 250 Å². The van der Waals surface area contributed by atoms with Crippen LogP contribution in [0.3, 0.4) is 0 Å². The number of carbonyl (C=O) groups excluding carboxylic acids is 5. The number of rotatable bonds is 20. The molecule has 21 nitrogen and oxygen atoms in total. The fourth-order valence-electron chi connectivity index (χ4n) is 10.1. The van der Waals surface area contributed by atoms with Gasteiger partial charge in [0.15, 0.2) is 0 Å². The van der Waals surface area contributed by atoms with Crippen molar-refractivity contribution in [2.75, 3.05) is 83.8 Å². The fourth-order valence-corrected chi connectivity index (χ4v) is 10.8. The summed E-state index contributed by atoms with van der Waals surface area (Å²) in [6, 6.07) is 43.3. The Kier molecular flexibility index (Phi) is 23.4. The number of halogens is 3. The normalized spacial score (nSPS) is 12.6. The Hall–Kier alpha value is -10.6. The Bertz CT molecular complexity index is 4150. The van der Waals surface area contributed by atoms with Gasteiger partial charge in [0.1, 0.15) is 17.5 Å². The van der Waals surface area contributed by atoms with Crippen LogP contribution in [-0.2, 0) is 16.1 Å². The van der Waals surface area contributed by atoms with Crippen LogP contribution in [0.25, 0.3) is 33.8 Å². The Morgan fingerprint density at radius 3 is 1.32 bits per heavy atom. The lowest BCUT2D eigenvalue weighted by molar-refractivity contribution is -0.129. The smallest absolute Gasteiger partial charge is 0.257 e. The quantitative estimate of drug-likeness (QED) is 0.0445. The number of hydrogen-bond donors (Lipinski definition) is 5. The van der Waals surface area contributed by atoms with Crippen LogP contribution in [0.2, 0.25) is 15.1 Å². The van der Waals surface area contributed by atoms with Crippen LogP contribution in [0.1, 0.15) is 63.7 Å². The molecular weight excluding hydrogens is 1250 g/mol. The second-order valence-corrected chi connectivity index (χ2v) is 22.9. The average molecular weight is 1320 g/mol. The summed E-state index contributed by atoms with van der Waals surface area (Å²) in [5.74, 6) is 1.79. The number of nitrogens with zero attached hydrogens (tertiary/aromatic N) is 11. The Morgan fingerprint density at radius 1 is 0.489 bits per heavy atom. The van der Waals surface area contributed by atoms with Gasteiger partial charge in [-0.15, -0.1) is 0 Å². The van der Waals surface area contributed by atoms with Gasteiger partial charge in [0, 0.05) is 156 Å². The maximum atomic E-state index is 12.7. The number of imidazole rings is 1. The number of carbonyl (C=O) groups is 5. The van der Waals surface area contributed by atoms with E-state index in [0.717, 1.165) is 104 Å². The zero-order valence-electron chi connectivity index (χ0n) is 51.3. The van der Waals surface area contributed by atoms with E-state index in [1.807, 2.05) is 87.3 Å². The maximum absolute atomic E-state index is 12.7. The van der Waals surface area contributed by atoms with Crippen molar-refractivity contribution in [3.63, 3.8) is 0 Å². The molecule has 10 aromatic rings. The van der Waals surface area contributed by atoms with E-state index in [2.05, 4.69) is 66.4 Å². The minimum absolute atomic E-state index is 0.0908. The van der Waals surface area contributed by atoms with Crippen LogP contribution in [-0.4, -0.2) is 131 Å². The first-order chi connectivity index (χ1) is 45.8. The van der Waals surface area contributed by atoms with Crippen molar-refractivity contribution < 1.29 is 24.0 Å². The highest BCUT2D eigenvalue weighted by atomic mass is 35.5. The van der Waals surface area contributed by atoms with E-state index in [-0.39, 0.29) is 29.5 Å². The van der Waals surface area contributed by atoms with Gasteiger partial charge in [-0.1, -0.05) is 53.0 Å². The van der Waals surface area contributed by atoms with E-state index in [9.17, 15) is 24.0 Å². The molecule has 2 saturated heterocycles. The number of benzene rings is 3. The first kappa shape index (κ1) is 66.3. The highest BCUT2D eigenvalue weighted by molar-refractivity contribution is 6.34. The molecule has 478 valence electrons. The lowest BCUT2D eigenvalue weighted by atomic mass is 10.1. The van der Waals surface area contributed by atoms with Crippen molar-refractivity contribution in [1.29, 1.82) is 0 Å². The molecule has 5 N–H and O–H groups in total. The predicted octanol–water partition coefficient (Wildman–Crippen LogP) is 12.9. The molecule has 24 heteroatoms. The highest BCUT2D eigenvalue weighted by Gasteiger charge is 2.22.